The third-order valence-corrected chi connectivity index (χ3v) is 4.12. The average Bonchev–Trinajstić information content (AvgIpc) is 2.44. The monoisotopic (exact) mass is 282 g/mol. The molecule has 3 heterocycles. The fourth-order valence-electron chi connectivity index (χ4n) is 2.82. The molecule has 1 atom stereocenters. The summed E-state index contributed by atoms with van der Waals surface area (Å²) in [7, 11) is 1.74. The lowest BCUT2D eigenvalue weighted by Crippen LogP contribution is -2.68. The molecule has 2 aliphatic rings. The molecule has 1 aromatic rings. The van der Waals surface area contributed by atoms with Gasteiger partial charge in [-0.15, -0.1) is 0 Å². The van der Waals surface area contributed by atoms with Gasteiger partial charge in [0, 0.05) is 13.6 Å². The number of carbonyl (C=O) groups excluding carboxylic acids is 1. The van der Waals surface area contributed by atoms with Crippen LogP contribution in [0.25, 0.3) is 0 Å². The van der Waals surface area contributed by atoms with Gasteiger partial charge >= 0.3 is 0 Å². The second-order valence-corrected chi connectivity index (χ2v) is 5.14. The van der Waals surface area contributed by atoms with E-state index >= 15 is 0 Å². The molecule has 0 aromatic carbocycles. The van der Waals surface area contributed by atoms with E-state index in [2.05, 4.69) is 9.97 Å². The highest BCUT2D eigenvalue weighted by molar-refractivity contribution is 6.28. The quantitative estimate of drug-likeness (QED) is 0.722. The standard InChI is InChI=1S/C12H15ClN4O2/c1-3-12-7-19-5-4-17(12)9-8(16(2)10(12)18)6-14-11(13)15-9/h6H,3-5,7H2,1-2H3. The van der Waals surface area contributed by atoms with Gasteiger partial charge in [0.2, 0.25) is 5.28 Å². The van der Waals surface area contributed by atoms with Crippen molar-refractivity contribution in [2.75, 3.05) is 36.6 Å². The first-order chi connectivity index (χ1) is 9.10. The van der Waals surface area contributed by atoms with Gasteiger partial charge in [0.25, 0.3) is 5.91 Å². The summed E-state index contributed by atoms with van der Waals surface area (Å²) in [5.41, 5.74) is 0.0258. The van der Waals surface area contributed by atoms with Gasteiger partial charge < -0.3 is 14.5 Å². The molecule has 1 aromatic heterocycles. The number of fused-ring (bicyclic) bond motifs is 3. The van der Waals surface area contributed by atoms with Crippen molar-refractivity contribution in [2.45, 2.75) is 18.9 Å². The van der Waals surface area contributed by atoms with Crippen molar-refractivity contribution < 1.29 is 9.53 Å². The molecular weight excluding hydrogens is 268 g/mol. The van der Waals surface area contributed by atoms with Crippen molar-refractivity contribution in [3.8, 4) is 0 Å². The first-order valence-electron chi connectivity index (χ1n) is 6.26. The van der Waals surface area contributed by atoms with Gasteiger partial charge in [-0.1, -0.05) is 6.92 Å². The predicted molar refractivity (Wildman–Crippen MR) is 71.6 cm³/mol. The van der Waals surface area contributed by atoms with Crippen LogP contribution < -0.4 is 9.80 Å². The summed E-state index contributed by atoms with van der Waals surface area (Å²) in [4.78, 5) is 24.6. The van der Waals surface area contributed by atoms with Gasteiger partial charge in [0.05, 0.1) is 19.4 Å². The zero-order valence-corrected chi connectivity index (χ0v) is 11.6. The molecule has 6 nitrogen and oxygen atoms in total. The minimum atomic E-state index is -0.669. The van der Waals surface area contributed by atoms with Crippen molar-refractivity contribution in [1.29, 1.82) is 0 Å². The Hall–Kier alpha value is -1.40. The van der Waals surface area contributed by atoms with Crippen LogP contribution in [0.2, 0.25) is 5.28 Å². The molecule has 1 fully saturated rings. The number of anilines is 2. The van der Waals surface area contributed by atoms with Crippen LogP contribution in [0.4, 0.5) is 11.5 Å². The maximum atomic E-state index is 12.7. The summed E-state index contributed by atoms with van der Waals surface area (Å²) in [6.07, 6.45) is 2.26. The second kappa shape index (κ2) is 4.31. The van der Waals surface area contributed by atoms with Crippen LogP contribution in [0.15, 0.2) is 6.20 Å². The fourth-order valence-corrected chi connectivity index (χ4v) is 2.95. The fraction of sp³-hybridized carbons (Fsp3) is 0.583. The van der Waals surface area contributed by atoms with Crippen LogP contribution in [0, 0.1) is 0 Å². The number of likely N-dealkylation sites (N-methyl/N-ethyl adjacent to an activating group) is 1. The molecule has 0 radical (unpaired) electrons. The van der Waals surface area contributed by atoms with Crippen LogP contribution in [-0.4, -0.2) is 48.2 Å². The number of nitrogens with zero attached hydrogens (tertiary/aromatic N) is 4. The highest BCUT2D eigenvalue weighted by Crippen LogP contribution is 2.41. The lowest BCUT2D eigenvalue weighted by atomic mass is 9.89. The van der Waals surface area contributed by atoms with Crippen molar-refractivity contribution in [1.82, 2.24) is 9.97 Å². The first kappa shape index (κ1) is 12.6. The summed E-state index contributed by atoms with van der Waals surface area (Å²) in [5.74, 6) is 0.736. The molecule has 19 heavy (non-hydrogen) atoms. The zero-order valence-electron chi connectivity index (χ0n) is 10.9. The van der Waals surface area contributed by atoms with Gasteiger partial charge in [-0.05, 0) is 18.0 Å². The van der Waals surface area contributed by atoms with Crippen LogP contribution in [-0.2, 0) is 9.53 Å². The number of hydrogen-bond acceptors (Lipinski definition) is 5. The summed E-state index contributed by atoms with van der Waals surface area (Å²) in [6, 6.07) is 0. The normalized spacial score (nSPS) is 26.2. The van der Waals surface area contributed by atoms with Gasteiger partial charge in [-0.25, -0.2) is 4.98 Å². The molecule has 2 aliphatic heterocycles. The molecule has 0 spiro atoms. The number of morpholine rings is 1. The minimum Gasteiger partial charge on any atom is -0.377 e. The van der Waals surface area contributed by atoms with E-state index in [1.807, 2.05) is 11.8 Å². The van der Waals surface area contributed by atoms with E-state index in [0.717, 1.165) is 0 Å². The molecule has 0 bridgehead atoms. The maximum absolute atomic E-state index is 12.7. The van der Waals surface area contributed by atoms with Gasteiger partial charge in [0.15, 0.2) is 5.82 Å². The van der Waals surface area contributed by atoms with E-state index < -0.39 is 5.54 Å². The van der Waals surface area contributed by atoms with E-state index in [0.29, 0.717) is 37.7 Å². The van der Waals surface area contributed by atoms with Crippen LogP contribution in [0.3, 0.4) is 0 Å². The number of amides is 1. The van der Waals surface area contributed by atoms with Gasteiger partial charge in [0.1, 0.15) is 11.2 Å². The Morgan fingerprint density at radius 2 is 2.37 bits per heavy atom. The number of hydrogen-bond donors (Lipinski definition) is 0. The third kappa shape index (κ3) is 1.63. The maximum Gasteiger partial charge on any atom is 0.255 e. The summed E-state index contributed by atoms with van der Waals surface area (Å²) in [5, 5.41) is 0.193. The zero-order chi connectivity index (χ0) is 13.6. The highest BCUT2D eigenvalue weighted by Gasteiger charge is 2.51. The van der Waals surface area contributed by atoms with E-state index in [4.69, 9.17) is 16.3 Å². The van der Waals surface area contributed by atoms with Crippen LogP contribution in [0.1, 0.15) is 13.3 Å². The molecule has 102 valence electrons. The van der Waals surface area contributed by atoms with Crippen molar-refractivity contribution >= 4 is 29.0 Å². The Bertz CT molecular complexity index is 538. The number of carbonyl (C=O) groups is 1. The average molecular weight is 283 g/mol. The summed E-state index contributed by atoms with van der Waals surface area (Å²) >= 11 is 5.90. The van der Waals surface area contributed by atoms with E-state index in [1.54, 1.807) is 18.1 Å². The first-order valence-corrected chi connectivity index (χ1v) is 6.64. The highest BCUT2D eigenvalue weighted by atomic mass is 35.5. The predicted octanol–water partition coefficient (Wildman–Crippen LogP) is 1.09. The van der Waals surface area contributed by atoms with Crippen molar-refractivity contribution in [2.24, 2.45) is 0 Å². The Labute approximate surface area is 116 Å². The van der Waals surface area contributed by atoms with Crippen molar-refractivity contribution in [3.05, 3.63) is 11.5 Å². The number of ether oxygens (including phenoxy) is 1. The molecule has 0 saturated carbocycles. The van der Waals surface area contributed by atoms with Gasteiger partial charge in [-0.3, -0.25) is 4.79 Å². The molecule has 0 aliphatic carbocycles. The number of halogens is 1. The van der Waals surface area contributed by atoms with Crippen LogP contribution >= 0.6 is 11.6 Å². The van der Waals surface area contributed by atoms with Gasteiger partial charge in [-0.2, -0.15) is 4.98 Å². The molecule has 1 amide bonds. The van der Waals surface area contributed by atoms with Crippen molar-refractivity contribution in [3.63, 3.8) is 0 Å². The smallest absolute Gasteiger partial charge is 0.255 e. The molecule has 0 N–H and O–H groups in total. The Balaban J connectivity index is 2.20. The summed E-state index contributed by atoms with van der Waals surface area (Å²) < 4.78 is 5.53. The van der Waals surface area contributed by atoms with Crippen LogP contribution in [0.5, 0.6) is 0 Å². The SMILES string of the molecule is CCC12COCCN1c1nc(Cl)ncc1N(C)C2=O. The largest absolute Gasteiger partial charge is 0.377 e. The molecule has 3 rings (SSSR count). The molecule has 1 saturated heterocycles. The molecular formula is C12H15ClN4O2. The number of rotatable bonds is 1. The lowest BCUT2D eigenvalue weighted by Gasteiger charge is -2.51. The second-order valence-electron chi connectivity index (χ2n) is 4.80. The minimum absolute atomic E-state index is 0.0214. The topological polar surface area (TPSA) is 58.6 Å². The lowest BCUT2D eigenvalue weighted by molar-refractivity contribution is -0.128. The Kier molecular flexibility index (Phi) is 2.87. The Morgan fingerprint density at radius 1 is 1.58 bits per heavy atom. The molecule has 7 heteroatoms. The summed E-state index contributed by atoms with van der Waals surface area (Å²) in [6.45, 7) is 3.59. The number of aromatic nitrogens is 2. The van der Waals surface area contributed by atoms with E-state index in [-0.39, 0.29) is 11.2 Å². The third-order valence-electron chi connectivity index (χ3n) is 3.94. The Morgan fingerprint density at radius 3 is 3.11 bits per heavy atom. The molecule has 1 unspecified atom stereocenters. The van der Waals surface area contributed by atoms with E-state index in [1.165, 1.54) is 0 Å². The van der Waals surface area contributed by atoms with E-state index in [9.17, 15) is 4.79 Å².